The number of nitrogens with one attached hydrogen (secondary N) is 1. The summed E-state index contributed by atoms with van der Waals surface area (Å²) in [7, 11) is 1.54. The molecule has 1 atom stereocenters. The van der Waals surface area contributed by atoms with Crippen molar-refractivity contribution >= 4 is 45.8 Å². The van der Waals surface area contributed by atoms with Crippen LogP contribution < -0.4 is 16.8 Å². The molecule has 4 aromatic rings. The van der Waals surface area contributed by atoms with E-state index in [9.17, 15) is 14.4 Å². The van der Waals surface area contributed by atoms with E-state index in [-0.39, 0.29) is 35.3 Å². The van der Waals surface area contributed by atoms with Gasteiger partial charge in [0, 0.05) is 31.8 Å². The Kier molecular flexibility index (Phi) is 8.62. The number of hydrogen-bond donors (Lipinski definition) is 3. The Morgan fingerprint density at radius 2 is 1.89 bits per heavy atom. The van der Waals surface area contributed by atoms with E-state index in [0.717, 1.165) is 28.0 Å². The van der Waals surface area contributed by atoms with Crippen LogP contribution in [0.1, 0.15) is 37.3 Å². The highest BCUT2D eigenvalue weighted by Crippen LogP contribution is 2.30. The number of nitrogen functional groups attached to an aromatic ring is 1. The summed E-state index contributed by atoms with van der Waals surface area (Å²) in [5.41, 5.74) is 13.6. The Morgan fingerprint density at radius 3 is 2.61 bits per heavy atom. The summed E-state index contributed by atoms with van der Waals surface area (Å²) >= 11 is 0.782. The zero-order valence-corrected chi connectivity index (χ0v) is 21.6. The largest absolute Gasteiger partial charge is 0.395 e. The van der Waals surface area contributed by atoms with Crippen LogP contribution in [0.2, 0.25) is 0 Å². The second-order valence-corrected chi connectivity index (χ2v) is 9.29. The number of methoxy groups -OCH3 is 1. The van der Waals surface area contributed by atoms with Crippen molar-refractivity contribution in [2.45, 2.75) is 12.5 Å². The maximum atomic E-state index is 14.0. The van der Waals surface area contributed by atoms with Crippen LogP contribution >= 0.6 is 11.5 Å². The van der Waals surface area contributed by atoms with Crippen molar-refractivity contribution in [2.75, 3.05) is 32.5 Å². The Hall–Kier alpha value is -4.35. The van der Waals surface area contributed by atoms with Gasteiger partial charge in [-0.1, -0.05) is 42.5 Å². The maximum absolute atomic E-state index is 14.0. The van der Waals surface area contributed by atoms with Gasteiger partial charge in [-0.15, -0.1) is 0 Å². The van der Waals surface area contributed by atoms with Gasteiger partial charge in [-0.25, -0.2) is 0 Å². The first-order valence-corrected chi connectivity index (χ1v) is 12.7. The van der Waals surface area contributed by atoms with E-state index in [1.807, 2.05) is 54.6 Å². The van der Waals surface area contributed by atoms with E-state index in [4.69, 9.17) is 16.2 Å². The van der Waals surface area contributed by atoms with Gasteiger partial charge >= 0.3 is 0 Å². The van der Waals surface area contributed by atoms with Gasteiger partial charge in [0.15, 0.2) is 5.69 Å². The summed E-state index contributed by atoms with van der Waals surface area (Å²) in [5.74, 6) is -1.74. The number of amides is 3. The second kappa shape index (κ2) is 12.3. The van der Waals surface area contributed by atoms with Gasteiger partial charge in [0.1, 0.15) is 10.9 Å². The number of carbonyl (C=O) groups is 3. The van der Waals surface area contributed by atoms with Crippen LogP contribution in [0.5, 0.6) is 0 Å². The fourth-order valence-electron chi connectivity index (χ4n) is 4.11. The molecular weight excluding hydrogens is 504 g/mol. The first-order valence-electron chi connectivity index (χ1n) is 11.9. The second-order valence-electron chi connectivity index (χ2n) is 8.51. The number of pyridine rings is 1. The lowest BCUT2D eigenvalue weighted by molar-refractivity contribution is -0.126. The molecule has 5 N–H and O–H groups in total. The zero-order valence-electron chi connectivity index (χ0n) is 20.8. The number of rotatable bonds is 11. The van der Waals surface area contributed by atoms with E-state index in [1.165, 1.54) is 4.90 Å². The van der Waals surface area contributed by atoms with E-state index in [1.54, 1.807) is 19.4 Å². The molecule has 2 aromatic carbocycles. The SMILES string of the molecule is COCCNC(=O)[C@H](c1ccc2ncccc2c1)N(CCc1ccccc1)C(=O)c1snc(C(N)=O)c1N. The molecule has 0 aliphatic heterocycles. The molecule has 2 aromatic heterocycles. The minimum atomic E-state index is -1.01. The predicted molar refractivity (Wildman–Crippen MR) is 146 cm³/mol. The van der Waals surface area contributed by atoms with Crippen molar-refractivity contribution in [3.8, 4) is 0 Å². The molecular formula is C27H28N6O4S. The van der Waals surface area contributed by atoms with Gasteiger partial charge in [0.2, 0.25) is 5.91 Å². The van der Waals surface area contributed by atoms with Crippen LogP contribution in [-0.2, 0) is 16.0 Å². The molecule has 3 amide bonds. The fourth-order valence-corrected chi connectivity index (χ4v) is 4.87. The Bertz CT molecular complexity index is 1440. The molecule has 0 aliphatic rings. The van der Waals surface area contributed by atoms with E-state index in [2.05, 4.69) is 14.7 Å². The molecule has 38 heavy (non-hydrogen) atoms. The molecule has 0 bridgehead atoms. The standard InChI is InChI=1S/C27H28N6O4S/c1-37-15-13-31-26(35)23(19-9-10-20-18(16-19)8-5-12-30-20)33(14-11-17-6-3-2-4-7-17)27(36)24-21(28)22(25(29)34)32-38-24/h2-10,12,16,23H,11,13-15,28H2,1H3,(H2,29,34)(H,31,35)/t23-/m0/s1. The molecule has 11 heteroatoms. The molecule has 0 fully saturated rings. The zero-order chi connectivity index (χ0) is 27.1. The summed E-state index contributed by atoms with van der Waals surface area (Å²) in [6.45, 7) is 0.761. The number of ether oxygens (including phenoxy) is 1. The molecule has 0 radical (unpaired) electrons. The highest BCUT2D eigenvalue weighted by atomic mass is 32.1. The first-order chi connectivity index (χ1) is 18.4. The highest BCUT2D eigenvalue weighted by Gasteiger charge is 2.34. The summed E-state index contributed by atoms with van der Waals surface area (Å²) in [4.78, 5) is 45.2. The molecule has 2 heterocycles. The van der Waals surface area contributed by atoms with Crippen molar-refractivity contribution < 1.29 is 19.1 Å². The molecule has 0 spiro atoms. The minimum absolute atomic E-state index is 0.0454. The fraction of sp³-hybridized carbons (Fsp3) is 0.222. The van der Waals surface area contributed by atoms with Crippen LogP contribution in [-0.4, -0.2) is 58.8 Å². The molecule has 0 unspecified atom stereocenters. The average Bonchev–Trinajstić information content (AvgIpc) is 3.32. The average molecular weight is 533 g/mol. The third kappa shape index (κ3) is 5.96. The monoisotopic (exact) mass is 532 g/mol. The summed E-state index contributed by atoms with van der Waals surface area (Å²) in [6.07, 6.45) is 2.17. The van der Waals surface area contributed by atoms with Crippen LogP contribution in [0, 0.1) is 0 Å². The maximum Gasteiger partial charge on any atom is 0.270 e. The third-order valence-corrected chi connectivity index (χ3v) is 6.86. The van der Waals surface area contributed by atoms with Crippen molar-refractivity contribution in [3.63, 3.8) is 0 Å². The Labute approximate surface area is 223 Å². The lowest BCUT2D eigenvalue weighted by Crippen LogP contribution is -2.45. The lowest BCUT2D eigenvalue weighted by Gasteiger charge is -2.31. The Morgan fingerprint density at radius 1 is 1.11 bits per heavy atom. The number of fused-ring (bicyclic) bond motifs is 1. The molecule has 0 saturated heterocycles. The van der Waals surface area contributed by atoms with Gasteiger partial charge in [0.25, 0.3) is 11.8 Å². The van der Waals surface area contributed by atoms with Crippen LogP contribution in [0.4, 0.5) is 5.69 Å². The molecule has 0 saturated carbocycles. The number of benzene rings is 2. The van der Waals surface area contributed by atoms with E-state index >= 15 is 0 Å². The molecule has 0 aliphatic carbocycles. The van der Waals surface area contributed by atoms with Crippen LogP contribution in [0.3, 0.4) is 0 Å². The predicted octanol–water partition coefficient (Wildman–Crippen LogP) is 2.56. The van der Waals surface area contributed by atoms with Gasteiger partial charge in [-0.2, -0.15) is 4.37 Å². The number of primary amides is 1. The lowest BCUT2D eigenvalue weighted by atomic mass is 10.00. The summed E-state index contributed by atoms with van der Waals surface area (Å²) < 4.78 is 9.07. The van der Waals surface area contributed by atoms with E-state index in [0.29, 0.717) is 18.6 Å². The number of anilines is 1. The molecule has 196 valence electrons. The van der Waals surface area contributed by atoms with Gasteiger partial charge in [-0.3, -0.25) is 19.4 Å². The Balaban J connectivity index is 1.79. The van der Waals surface area contributed by atoms with Crippen molar-refractivity contribution in [3.05, 3.63) is 88.6 Å². The van der Waals surface area contributed by atoms with Gasteiger partial charge < -0.3 is 26.4 Å². The first kappa shape index (κ1) is 26.7. The van der Waals surface area contributed by atoms with Crippen molar-refractivity contribution in [1.82, 2.24) is 19.6 Å². The third-order valence-electron chi connectivity index (χ3n) is 6.01. The van der Waals surface area contributed by atoms with Crippen LogP contribution in [0.25, 0.3) is 10.9 Å². The van der Waals surface area contributed by atoms with Gasteiger partial charge in [-0.05, 0) is 47.3 Å². The number of aromatic nitrogens is 2. The van der Waals surface area contributed by atoms with Crippen LogP contribution in [0.15, 0.2) is 66.9 Å². The number of nitrogens with zero attached hydrogens (tertiary/aromatic N) is 3. The van der Waals surface area contributed by atoms with Gasteiger partial charge in [0.05, 0.1) is 17.8 Å². The summed E-state index contributed by atoms with van der Waals surface area (Å²) in [6, 6.07) is 17.8. The smallest absolute Gasteiger partial charge is 0.270 e. The number of carbonyl (C=O) groups excluding carboxylic acids is 3. The normalized spacial score (nSPS) is 11.7. The molecule has 10 nitrogen and oxygen atoms in total. The van der Waals surface area contributed by atoms with Crippen molar-refractivity contribution in [2.24, 2.45) is 5.73 Å². The van der Waals surface area contributed by atoms with E-state index < -0.39 is 17.9 Å². The number of nitrogens with two attached hydrogens (primary N) is 2. The number of hydrogen-bond acceptors (Lipinski definition) is 8. The summed E-state index contributed by atoms with van der Waals surface area (Å²) in [5, 5.41) is 3.68. The quantitative estimate of drug-likeness (QED) is 0.251. The van der Waals surface area contributed by atoms with Crippen molar-refractivity contribution in [1.29, 1.82) is 0 Å². The minimum Gasteiger partial charge on any atom is -0.395 e. The highest BCUT2D eigenvalue weighted by molar-refractivity contribution is 7.09. The topological polar surface area (TPSA) is 154 Å². The molecule has 4 rings (SSSR count).